The van der Waals surface area contributed by atoms with Crippen molar-refractivity contribution in [1.29, 1.82) is 0 Å². The van der Waals surface area contributed by atoms with Crippen LogP contribution >= 0.6 is 23.8 Å². The van der Waals surface area contributed by atoms with Crippen molar-refractivity contribution in [2.24, 2.45) is 0 Å². The van der Waals surface area contributed by atoms with Crippen LogP contribution in [0.5, 0.6) is 0 Å². The molecule has 0 radical (unpaired) electrons. The second-order valence-corrected chi connectivity index (χ2v) is 3.98. The van der Waals surface area contributed by atoms with Gasteiger partial charge in [-0.15, -0.1) is 0 Å². The third-order valence-electron chi connectivity index (χ3n) is 1.91. The summed E-state index contributed by atoms with van der Waals surface area (Å²) >= 11 is 10.9. The molecule has 3 N–H and O–H groups in total. The number of nitrogen functional groups attached to an aromatic ring is 1. The second-order valence-electron chi connectivity index (χ2n) is 3.16. The van der Waals surface area contributed by atoms with Crippen molar-refractivity contribution in [2.45, 2.75) is 0 Å². The van der Waals surface area contributed by atoms with Crippen molar-refractivity contribution in [1.82, 2.24) is 9.78 Å². The SMILES string of the molecule is Nc1cnn(C(=S)Nc2ccc(Cl)cc2)c1. The lowest BCUT2D eigenvalue weighted by molar-refractivity contribution is 0.947. The molecule has 0 saturated carbocycles. The minimum absolute atomic E-state index is 0.457. The summed E-state index contributed by atoms with van der Waals surface area (Å²) in [6.45, 7) is 0. The molecule has 6 heteroatoms. The number of nitrogens with two attached hydrogens (primary N) is 1. The predicted molar refractivity (Wildman–Crippen MR) is 69.7 cm³/mol. The molecule has 1 aromatic heterocycles. The van der Waals surface area contributed by atoms with E-state index in [1.54, 1.807) is 18.3 Å². The maximum Gasteiger partial charge on any atom is 0.198 e. The highest BCUT2D eigenvalue weighted by atomic mass is 35.5. The quantitative estimate of drug-likeness (QED) is 0.765. The van der Waals surface area contributed by atoms with Crippen LogP contribution in [0.15, 0.2) is 36.7 Å². The van der Waals surface area contributed by atoms with Crippen molar-refractivity contribution in [2.75, 3.05) is 11.1 Å². The molecule has 0 amide bonds. The van der Waals surface area contributed by atoms with E-state index in [1.807, 2.05) is 12.1 Å². The summed E-state index contributed by atoms with van der Waals surface area (Å²) in [7, 11) is 0. The number of benzene rings is 1. The lowest BCUT2D eigenvalue weighted by atomic mass is 10.3. The number of nitrogens with one attached hydrogen (secondary N) is 1. The van der Waals surface area contributed by atoms with E-state index in [1.165, 1.54) is 10.9 Å². The Labute approximate surface area is 103 Å². The van der Waals surface area contributed by atoms with Gasteiger partial charge in [-0.3, -0.25) is 0 Å². The summed E-state index contributed by atoms with van der Waals surface area (Å²) in [5.41, 5.74) is 6.96. The standard InChI is InChI=1S/C10H9ClN4S/c11-7-1-3-9(4-2-7)14-10(16)15-6-8(12)5-13-15/h1-6H,12H2,(H,14,16). The van der Waals surface area contributed by atoms with Crippen LogP contribution in [0.1, 0.15) is 0 Å². The Morgan fingerprint density at radius 1 is 1.38 bits per heavy atom. The van der Waals surface area contributed by atoms with Gasteiger partial charge < -0.3 is 11.1 Å². The first-order chi connectivity index (χ1) is 7.65. The first-order valence-corrected chi connectivity index (χ1v) is 5.31. The van der Waals surface area contributed by atoms with Crippen LogP contribution in [0, 0.1) is 0 Å². The Morgan fingerprint density at radius 2 is 2.06 bits per heavy atom. The zero-order chi connectivity index (χ0) is 11.5. The number of hydrogen-bond acceptors (Lipinski definition) is 3. The molecule has 2 aromatic rings. The summed E-state index contributed by atoms with van der Waals surface area (Å²) in [5, 5.41) is 8.15. The van der Waals surface area contributed by atoms with E-state index in [0.29, 0.717) is 15.8 Å². The summed E-state index contributed by atoms with van der Waals surface area (Å²) in [4.78, 5) is 0. The normalized spacial score (nSPS) is 10.1. The predicted octanol–water partition coefficient (Wildman–Crippen LogP) is 2.36. The number of aromatic nitrogens is 2. The van der Waals surface area contributed by atoms with E-state index in [4.69, 9.17) is 29.6 Å². The number of nitrogens with zero attached hydrogens (tertiary/aromatic N) is 2. The number of hydrogen-bond donors (Lipinski definition) is 2. The Bertz CT molecular complexity index is 506. The third kappa shape index (κ3) is 2.50. The monoisotopic (exact) mass is 252 g/mol. The van der Waals surface area contributed by atoms with Crippen molar-refractivity contribution in [3.05, 3.63) is 41.7 Å². The Hall–Kier alpha value is -1.59. The van der Waals surface area contributed by atoms with Gasteiger partial charge in [-0.1, -0.05) is 11.6 Å². The summed E-state index contributed by atoms with van der Waals surface area (Å²) in [6.07, 6.45) is 3.18. The summed E-state index contributed by atoms with van der Waals surface area (Å²) < 4.78 is 1.50. The molecule has 0 aliphatic heterocycles. The zero-order valence-electron chi connectivity index (χ0n) is 8.22. The van der Waals surface area contributed by atoms with Gasteiger partial charge >= 0.3 is 0 Å². The zero-order valence-corrected chi connectivity index (χ0v) is 9.79. The molecule has 2 rings (SSSR count). The van der Waals surface area contributed by atoms with Gasteiger partial charge in [0.2, 0.25) is 0 Å². The maximum absolute atomic E-state index is 5.77. The molecule has 1 heterocycles. The van der Waals surface area contributed by atoms with Gasteiger partial charge in [-0.2, -0.15) is 5.10 Å². The van der Waals surface area contributed by atoms with Crippen LogP contribution < -0.4 is 11.1 Å². The fourth-order valence-corrected chi connectivity index (χ4v) is 1.51. The Morgan fingerprint density at radius 3 is 2.62 bits per heavy atom. The summed E-state index contributed by atoms with van der Waals surface area (Å²) in [5.74, 6) is 0. The number of anilines is 2. The van der Waals surface area contributed by atoms with E-state index in [-0.39, 0.29) is 0 Å². The fraction of sp³-hybridized carbons (Fsp3) is 0. The van der Waals surface area contributed by atoms with Crippen molar-refractivity contribution in [3.63, 3.8) is 0 Å². The van der Waals surface area contributed by atoms with Crippen LogP contribution in [0.4, 0.5) is 11.4 Å². The Kier molecular flexibility index (Phi) is 3.07. The molecule has 0 bridgehead atoms. The lowest BCUT2D eigenvalue weighted by Crippen LogP contribution is -2.19. The molecule has 0 aliphatic rings. The van der Waals surface area contributed by atoms with Gasteiger partial charge in [-0.05, 0) is 36.5 Å². The highest BCUT2D eigenvalue weighted by Gasteiger charge is 2.01. The second kappa shape index (κ2) is 4.51. The van der Waals surface area contributed by atoms with Crippen LogP contribution in [-0.2, 0) is 0 Å². The Balaban J connectivity index is 2.10. The molecule has 1 aromatic carbocycles. The molecule has 0 atom stereocenters. The summed E-state index contributed by atoms with van der Waals surface area (Å²) in [6, 6.07) is 7.23. The minimum atomic E-state index is 0.457. The number of thiocarbonyl (C=S) groups is 1. The van der Waals surface area contributed by atoms with Crippen LogP contribution in [0.2, 0.25) is 5.02 Å². The molecule has 0 aliphatic carbocycles. The molecule has 0 spiro atoms. The molecule has 0 fully saturated rings. The van der Waals surface area contributed by atoms with Gasteiger partial charge in [0.25, 0.3) is 0 Å². The molecular weight excluding hydrogens is 244 g/mol. The van der Waals surface area contributed by atoms with Crippen molar-refractivity contribution < 1.29 is 0 Å². The average molecular weight is 253 g/mol. The van der Waals surface area contributed by atoms with Crippen LogP contribution in [0.25, 0.3) is 0 Å². The number of rotatable bonds is 1. The molecule has 4 nitrogen and oxygen atoms in total. The largest absolute Gasteiger partial charge is 0.396 e. The third-order valence-corrected chi connectivity index (χ3v) is 2.45. The van der Waals surface area contributed by atoms with Crippen LogP contribution in [-0.4, -0.2) is 14.9 Å². The van der Waals surface area contributed by atoms with E-state index < -0.39 is 0 Å². The molecule has 82 valence electrons. The fourth-order valence-electron chi connectivity index (χ4n) is 1.16. The first kappa shape index (κ1) is 10.9. The smallest absolute Gasteiger partial charge is 0.198 e. The topological polar surface area (TPSA) is 55.9 Å². The van der Waals surface area contributed by atoms with Crippen molar-refractivity contribution >= 4 is 40.3 Å². The number of halogens is 1. The molecule has 0 unspecified atom stereocenters. The van der Waals surface area contributed by atoms with Crippen LogP contribution in [0.3, 0.4) is 0 Å². The molecule has 0 saturated heterocycles. The van der Waals surface area contributed by atoms with E-state index >= 15 is 0 Å². The molecular formula is C10H9ClN4S. The van der Waals surface area contributed by atoms with Gasteiger partial charge in [0, 0.05) is 10.7 Å². The minimum Gasteiger partial charge on any atom is -0.396 e. The van der Waals surface area contributed by atoms with Gasteiger partial charge in [0.15, 0.2) is 5.11 Å². The average Bonchev–Trinajstić information content (AvgIpc) is 2.68. The first-order valence-electron chi connectivity index (χ1n) is 4.52. The molecule has 16 heavy (non-hydrogen) atoms. The highest BCUT2D eigenvalue weighted by Crippen LogP contribution is 2.13. The van der Waals surface area contributed by atoms with Crippen molar-refractivity contribution in [3.8, 4) is 0 Å². The highest BCUT2D eigenvalue weighted by molar-refractivity contribution is 7.80. The van der Waals surface area contributed by atoms with E-state index in [2.05, 4.69) is 10.4 Å². The maximum atomic E-state index is 5.77. The van der Waals surface area contributed by atoms with Gasteiger partial charge in [0.1, 0.15) is 0 Å². The van der Waals surface area contributed by atoms with Gasteiger partial charge in [0.05, 0.1) is 18.1 Å². The lowest BCUT2D eigenvalue weighted by Gasteiger charge is -2.07. The van der Waals surface area contributed by atoms with Gasteiger partial charge in [-0.25, -0.2) is 4.68 Å². The van der Waals surface area contributed by atoms with E-state index in [9.17, 15) is 0 Å². The van der Waals surface area contributed by atoms with E-state index in [0.717, 1.165) is 5.69 Å².